The van der Waals surface area contributed by atoms with Crippen LogP contribution >= 0.6 is 0 Å². The summed E-state index contributed by atoms with van der Waals surface area (Å²) in [4.78, 5) is 13.1. The zero-order valence-corrected chi connectivity index (χ0v) is 15.1. The molecule has 0 saturated carbocycles. The highest BCUT2D eigenvalue weighted by atomic mass is 15.4. The zero-order valence-electron chi connectivity index (χ0n) is 15.1. The van der Waals surface area contributed by atoms with Crippen molar-refractivity contribution in [3.63, 3.8) is 0 Å². The average molecular weight is 350 g/mol. The van der Waals surface area contributed by atoms with Gasteiger partial charge in [0.1, 0.15) is 0 Å². The molecular formula is C18H22N8. The van der Waals surface area contributed by atoms with Crippen LogP contribution in [0.2, 0.25) is 0 Å². The van der Waals surface area contributed by atoms with E-state index in [1.54, 1.807) is 12.4 Å². The van der Waals surface area contributed by atoms with E-state index >= 15 is 0 Å². The molecule has 26 heavy (non-hydrogen) atoms. The SMILES string of the molecule is Cc1cc(C)n(-c2ccc(N3CCN(Cc4cnccn4)CC3)nn2)n1. The third-order valence-corrected chi connectivity index (χ3v) is 4.56. The van der Waals surface area contributed by atoms with Crippen molar-refractivity contribution in [2.75, 3.05) is 31.1 Å². The molecule has 1 saturated heterocycles. The molecule has 8 heteroatoms. The van der Waals surface area contributed by atoms with Gasteiger partial charge in [0, 0.05) is 57.0 Å². The second-order valence-electron chi connectivity index (χ2n) is 6.55. The molecule has 0 unspecified atom stereocenters. The number of aromatic nitrogens is 6. The van der Waals surface area contributed by atoms with Crippen LogP contribution in [-0.4, -0.2) is 61.0 Å². The Kier molecular flexibility index (Phi) is 4.57. The van der Waals surface area contributed by atoms with Gasteiger partial charge in [0.2, 0.25) is 0 Å². The normalized spacial score (nSPS) is 15.4. The topological polar surface area (TPSA) is 75.9 Å². The Morgan fingerprint density at radius 3 is 2.35 bits per heavy atom. The first kappa shape index (κ1) is 16.6. The standard InChI is InChI=1S/C18H22N8/c1-14-11-15(2)26(23-14)18-4-3-17(21-22-18)25-9-7-24(8-10-25)13-16-12-19-5-6-20-16/h3-6,11-12H,7-10,13H2,1-2H3. The summed E-state index contributed by atoms with van der Waals surface area (Å²) in [5, 5.41) is 13.2. The van der Waals surface area contributed by atoms with E-state index < -0.39 is 0 Å². The van der Waals surface area contributed by atoms with Crippen LogP contribution in [-0.2, 0) is 6.54 Å². The molecule has 1 aliphatic heterocycles. The van der Waals surface area contributed by atoms with Gasteiger partial charge in [0.05, 0.1) is 11.4 Å². The Morgan fingerprint density at radius 1 is 0.962 bits per heavy atom. The molecule has 4 rings (SSSR count). The van der Waals surface area contributed by atoms with Crippen LogP contribution in [0.3, 0.4) is 0 Å². The molecule has 0 amide bonds. The molecule has 0 atom stereocenters. The minimum absolute atomic E-state index is 0.751. The molecule has 0 bridgehead atoms. The van der Waals surface area contributed by atoms with E-state index in [0.717, 1.165) is 61.4 Å². The summed E-state index contributed by atoms with van der Waals surface area (Å²) in [7, 11) is 0. The highest BCUT2D eigenvalue weighted by Gasteiger charge is 2.19. The summed E-state index contributed by atoms with van der Waals surface area (Å²) in [6.07, 6.45) is 5.27. The predicted octanol–water partition coefficient (Wildman–Crippen LogP) is 1.39. The fourth-order valence-corrected chi connectivity index (χ4v) is 3.24. The molecule has 3 aromatic rings. The van der Waals surface area contributed by atoms with Gasteiger partial charge < -0.3 is 4.90 Å². The average Bonchev–Trinajstić information content (AvgIpc) is 3.02. The van der Waals surface area contributed by atoms with Crippen LogP contribution in [0.5, 0.6) is 0 Å². The summed E-state index contributed by atoms with van der Waals surface area (Å²) in [5.41, 5.74) is 3.05. The minimum Gasteiger partial charge on any atom is -0.353 e. The summed E-state index contributed by atoms with van der Waals surface area (Å²) in [5.74, 6) is 1.66. The lowest BCUT2D eigenvalue weighted by Crippen LogP contribution is -2.46. The lowest BCUT2D eigenvalue weighted by molar-refractivity contribution is 0.246. The quantitative estimate of drug-likeness (QED) is 0.704. The predicted molar refractivity (Wildman–Crippen MR) is 98.2 cm³/mol. The number of piperazine rings is 1. The van der Waals surface area contributed by atoms with E-state index in [9.17, 15) is 0 Å². The van der Waals surface area contributed by atoms with Gasteiger partial charge in [0.15, 0.2) is 11.6 Å². The monoisotopic (exact) mass is 350 g/mol. The molecule has 0 spiro atoms. The van der Waals surface area contributed by atoms with Crippen LogP contribution < -0.4 is 4.90 Å². The Labute approximate surface area is 152 Å². The largest absolute Gasteiger partial charge is 0.353 e. The van der Waals surface area contributed by atoms with Crippen LogP contribution in [0, 0.1) is 13.8 Å². The van der Waals surface area contributed by atoms with Gasteiger partial charge in [-0.05, 0) is 32.0 Å². The van der Waals surface area contributed by atoms with Crippen LogP contribution in [0.1, 0.15) is 17.1 Å². The van der Waals surface area contributed by atoms with E-state index in [4.69, 9.17) is 0 Å². The summed E-state index contributed by atoms with van der Waals surface area (Å²) < 4.78 is 1.82. The van der Waals surface area contributed by atoms with Gasteiger partial charge in [0.25, 0.3) is 0 Å². The summed E-state index contributed by atoms with van der Waals surface area (Å²) in [6, 6.07) is 6.04. The molecule has 0 N–H and O–H groups in total. The van der Waals surface area contributed by atoms with Gasteiger partial charge in [-0.25, -0.2) is 4.68 Å². The van der Waals surface area contributed by atoms with Crippen molar-refractivity contribution in [3.05, 3.63) is 53.9 Å². The molecule has 3 aromatic heterocycles. The molecule has 4 heterocycles. The third kappa shape index (κ3) is 3.55. The number of hydrogen-bond donors (Lipinski definition) is 0. The first-order chi connectivity index (χ1) is 12.7. The van der Waals surface area contributed by atoms with Crippen molar-refractivity contribution in [1.82, 2.24) is 34.8 Å². The molecule has 0 aromatic carbocycles. The Bertz CT molecular complexity index is 851. The maximum Gasteiger partial charge on any atom is 0.176 e. The first-order valence-corrected chi connectivity index (χ1v) is 8.78. The van der Waals surface area contributed by atoms with E-state index in [1.165, 1.54) is 0 Å². The Hall–Kier alpha value is -2.87. The van der Waals surface area contributed by atoms with Crippen molar-refractivity contribution in [3.8, 4) is 5.82 Å². The van der Waals surface area contributed by atoms with E-state index in [0.29, 0.717) is 0 Å². The lowest BCUT2D eigenvalue weighted by atomic mass is 10.3. The number of rotatable bonds is 4. The smallest absolute Gasteiger partial charge is 0.176 e. The van der Waals surface area contributed by atoms with E-state index in [2.05, 4.69) is 35.1 Å². The van der Waals surface area contributed by atoms with Gasteiger partial charge >= 0.3 is 0 Å². The van der Waals surface area contributed by atoms with Crippen molar-refractivity contribution < 1.29 is 0 Å². The number of hydrogen-bond acceptors (Lipinski definition) is 7. The third-order valence-electron chi connectivity index (χ3n) is 4.56. The highest BCUT2D eigenvalue weighted by Crippen LogP contribution is 2.16. The minimum atomic E-state index is 0.751. The maximum atomic E-state index is 4.46. The van der Waals surface area contributed by atoms with Gasteiger partial charge in [-0.15, -0.1) is 10.2 Å². The van der Waals surface area contributed by atoms with E-state index in [-0.39, 0.29) is 0 Å². The van der Waals surface area contributed by atoms with Crippen LogP contribution in [0.25, 0.3) is 5.82 Å². The second-order valence-corrected chi connectivity index (χ2v) is 6.55. The van der Waals surface area contributed by atoms with Gasteiger partial charge in [-0.3, -0.25) is 14.9 Å². The fourth-order valence-electron chi connectivity index (χ4n) is 3.24. The van der Waals surface area contributed by atoms with Gasteiger partial charge in [-0.1, -0.05) is 0 Å². The van der Waals surface area contributed by atoms with Crippen molar-refractivity contribution >= 4 is 5.82 Å². The summed E-state index contributed by atoms with van der Waals surface area (Å²) in [6.45, 7) is 8.62. The van der Waals surface area contributed by atoms with Crippen molar-refractivity contribution in [2.45, 2.75) is 20.4 Å². The highest BCUT2D eigenvalue weighted by molar-refractivity contribution is 5.40. The lowest BCUT2D eigenvalue weighted by Gasteiger charge is -2.34. The number of nitrogens with zero attached hydrogens (tertiary/aromatic N) is 8. The Morgan fingerprint density at radius 2 is 1.73 bits per heavy atom. The molecule has 8 nitrogen and oxygen atoms in total. The molecule has 0 aliphatic carbocycles. The Balaban J connectivity index is 1.38. The molecule has 134 valence electrons. The zero-order chi connectivity index (χ0) is 17.9. The summed E-state index contributed by atoms with van der Waals surface area (Å²) >= 11 is 0. The van der Waals surface area contributed by atoms with Crippen LogP contribution in [0.4, 0.5) is 5.82 Å². The van der Waals surface area contributed by atoms with Crippen molar-refractivity contribution in [1.29, 1.82) is 0 Å². The molecular weight excluding hydrogens is 328 g/mol. The van der Waals surface area contributed by atoms with E-state index in [1.807, 2.05) is 42.9 Å². The van der Waals surface area contributed by atoms with Crippen LogP contribution in [0.15, 0.2) is 36.8 Å². The van der Waals surface area contributed by atoms with Crippen molar-refractivity contribution in [2.24, 2.45) is 0 Å². The molecule has 1 fully saturated rings. The first-order valence-electron chi connectivity index (χ1n) is 8.78. The van der Waals surface area contributed by atoms with Gasteiger partial charge in [-0.2, -0.15) is 5.10 Å². The molecule has 0 radical (unpaired) electrons. The second kappa shape index (κ2) is 7.17. The number of aryl methyl sites for hydroxylation is 2. The number of anilines is 1. The maximum absolute atomic E-state index is 4.46. The fraction of sp³-hybridized carbons (Fsp3) is 0.389. The molecule has 1 aliphatic rings.